The van der Waals surface area contributed by atoms with Gasteiger partial charge in [0, 0.05) is 30.1 Å². The number of anilines is 3. The molecule has 0 bridgehead atoms. The van der Waals surface area contributed by atoms with Crippen molar-refractivity contribution in [1.29, 1.82) is 0 Å². The molecule has 0 spiro atoms. The van der Waals surface area contributed by atoms with Gasteiger partial charge >= 0.3 is 0 Å². The van der Waals surface area contributed by atoms with E-state index in [1.54, 1.807) is 68.9 Å². The van der Waals surface area contributed by atoms with Gasteiger partial charge in [-0.05, 0) is 24.3 Å². The topological polar surface area (TPSA) is 115 Å². The zero-order chi connectivity index (χ0) is 21.8. The molecule has 4 rings (SSSR count). The van der Waals surface area contributed by atoms with Gasteiger partial charge < -0.3 is 14.8 Å². The van der Waals surface area contributed by atoms with E-state index in [-0.39, 0.29) is 16.5 Å². The van der Waals surface area contributed by atoms with Crippen LogP contribution in [-0.4, -0.2) is 37.6 Å². The fourth-order valence-corrected chi connectivity index (χ4v) is 3.88. The molecule has 4 aromatic rings. The van der Waals surface area contributed by atoms with E-state index in [4.69, 9.17) is 9.47 Å². The van der Waals surface area contributed by atoms with E-state index < -0.39 is 10.0 Å². The van der Waals surface area contributed by atoms with Gasteiger partial charge in [0.25, 0.3) is 10.0 Å². The first kappa shape index (κ1) is 20.4. The molecule has 0 saturated heterocycles. The van der Waals surface area contributed by atoms with Crippen molar-refractivity contribution in [2.75, 3.05) is 24.3 Å². The average molecular weight is 437 g/mol. The molecule has 158 valence electrons. The quantitative estimate of drug-likeness (QED) is 0.451. The van der Waals surface area contributed by atoms with Gasteiger partial charge in [0.15, 0.2) is 17.3 Å². The van der Waals surface area contributed by atoms with Gasteiger partial charge in [-0.3, -0.25) is 4.72 Å². The van der Waals surface area contributed by atoms with Crippen molar-refractivity contribution in [1.82, 2.24) is 15.0 Å². The Morgan fingerprint density at radius 3 is 2.23 bits per heavy atom. The lowest BCUT2D eigenvalue weighted by atomic mass is 10.2. The Balaban J connectivity index is 1.79. The summed E-state index contributed by atoms with van der Waals surface area (Å²) in [6.07, 6.45) is 1.56. The molecule has 0 unspecified atom stereocenters. The molecule has 31 heavy (non-hydrogen) atoms. The molecule has 0 fully saturated rings. The molecule has 10 heteroatoms. The van der Waals surface area contributed by atoms with Crippen molar-refractivity contribution < 1.29 is 17.9 Å². The second-order valence-electron chi connectivity index (χ2n) is 6.41. The third kappa shape index (κ3) is 4.48. The van der Waals surface area contributed by atoms with Crippen LogP contribution in [0.1, 0.15) is 0 Å². The molecule has 9 nitrogen and oxygen atoms in total. The maximum absolute atomic E-state index is 12.9. The predicted octanol–water partition coefficient (Wildman–Crippen LogP) is 3.59. The van der Waals surface area contributed by atoms with Gasteiger partial charge in [0.2, 0.25) is 0 Å². The van der Waals surface area contributed by atoms with Gasteiger partial charge in [-0.25, -0.2) is 23.4 Å². The van der Waals surface area contributed by atoms with Crippen LogP contribution in [0.5, 0.6) is 11.5 Å². The SMILES string of the molecule is COc1cc(Nc2nc3cccnc3nc2NS(=O)(=O)c2ccccc2)cc(OC)c1. The smallest absolute Gasteiger partial charge is 0.263 e. The molecule has 0 saturated carbocycles. The number of fused-ring (bicyclic) bond motifs is 1. The zero-order valence-corrected chi connectivity index (χ0v) is 17.6. The first-order chi connectivity index (χ1) is 15.0. The average Bonchev–Trinajstić information content (AvgIpc) is 2.79. The molecule has 0 radical (unpaired) electrons. The lowest BCUT2D eigenvalue weighted by Gasteiger charge is -2.14. The number of sulfonamides is 1. The number of nitrogens with one attached hydrogen (secondary N) is 2. The summed E-state index contributed by atoms with van der Waals surface area (Å²) in [5, 5.41) is 3.10. The number of benzene rings is 2. The summed E-state index contributed by atoms with van der Waals surface area (Å²) in [4.78, 5) is 13.2. The van der Waals surface area contributed by atoms with Crippen molar-refractivity contribution in [3.05, 3.63) is 66.9 Å². The maximum Gasteiger partial charge on any atom is 0.263 e. The fraction of sp³-hybridized carbons (Fsp3) is 0.0952. The molecule has 2 heterocycles. The number of hydrogen-bond acceptors (Lipinski definition) is 8. The largest absolute Gasteiger partial charge is 0.497 e. The number of hydrogen-bond donors (Lipinski definition) is 2. The van der Waals surface area contributed by atoms with Crippen LogP contribution in [0.4, 0.5) is 17.3 Å². The van der Waals surface area contributed by atoms with Crippen molar-refractivity contribution >= 4 is 38.5 Å². The van der Waals surface area contributed by atoms with Crippen LogP contribution in [0.15, 0.2) is 71.8 Å². The van der Waals surface area contributed by atoms with Crippen molar-refractivity contribution in [2.45, 2.75) is 4.90 Å². The summed E-state index contributed by atoms with van der Waals surface area (Å²) in [5.41, 5.74) is 1.39. The molecule has 2 N–H and O–H groups in total. The minimum absolute atomic E-state index is 0.0110. The van der Waals surface area contributed by atoms with E-state index in [1.807, 2.05) is 0 Å². The molecule has 2 aromatic carbocycles. The molecule has 0 aliphatic carbocycles. The van der Waals surface area contributed by atoms with Crippen molar-refractivity contribution in [3.8, 4) is 11.5 Å². The maximum atomic E-state index is 12.9. The number of ether oxygens (including phenoxy) is 2. The molecular formula is C21H19N5O4S. The highest BCUT2D eigenvalue weighted by Gasteiger charge is 2.19. The van der Waals surface area contributed by atoms with Crippen LogP contribution in [0.25, 0.3) is 11.2 Å². The molecule has 0 atom stereocenters. The predicted molar refractivity (Wildman–Crippen MR) is 117 cm³/mol. The molecule has 0 aliphatic heterocycles. The van der Waals surface area contributed by atoms with Gasteiger partial charge in [-0.2, -0.15) is 0 Å². The number of aromatic nitrogens is 3. The Morgan fingerprint density at radius 2 is 1.55 bits per heavy atom. The summed E-state index contributed by atoms with van der Waals surface area (Å²) in [6, 6.07) is 16.7. The van der Waals surface area contributed by atoms with E-state index in [0.717, 1.165) is 0 Å². The Morgan fingerprint density at radius 1 is 0.839 bits per heavy atom. The van der Waals surface area contributed by atoms with Gasteiger partial charge in [-0.15, -0.1) is 0 Å². The minimum Gasteiger partial charge on any atom is -0.497 e. The number of rotatable bonds is 7. The third-order valence-electron chi connectivity index (χ3n) is 4.34. The van der Waals surface area contributed by atoms with Crippen LogP contribution in [0.2, 0.25) is 0 Å². The minimum atomic E-state index is -3.89. The summed E-state index contributed by atoms with van der Waals surface area (Å²) in [7, 11) is -0.810. The summed E-state index contributed by atoms with van der Waals surface area (Å²) >= 11 is 0. The van der Waals surface area contributed by atoms with E-state index >= 15 is 0 Å². The Kier molecular flexibility index (Phi) is 5.54. The summed E-state index contributed by atoms with van der Waals surface area (Å²) in [6.45, 7) is 0. The monoisotopic (exact) mass is 437 g/mol. The van der Waals surface area contributed by atoms with E-state index in [9.17, 15) is 8.42 Å². The van der Waals surface area contributed by atoms with Gasteiger partial charge in [0.1, 0.15) is 17.0 Å². The molecule has 0 aliphatic rings. The first-order valence-corrected chi connectivity index (χ1v) is 10.7. The normalized spacial score (nSPS) is 11.2. The van der Waals surface area contributed by atoms with Crippen LogP contribution >= 0.6 is 0 Å². The highest BCUT2D eigenvalue weighted by molar-refractivity contribution is 7.92. The van der Waals surface area contributed by atoms with Crippen LogP contribution in [0.3, 0.4) is 0 Å². The molecule has 2 aromatic heterocycles. The summed E-state index contributed by atoms with van der Waals surface area (Å²) in [5.74, 6) is 1.33. The van der Waals surface area contributed by atoms with Crippen LogP contribution in [0, 0.1) is 0 Å². The van der Waals surface area contributed by atoms with E-state index in [1.165, 1.54) is 12.1 Å². The Labute approximate surface area is 179 Å². The van der Waals surface area contributed by atoms with E-state index in [0.29, 0.717) is 28.4 Å². The Hall–Kier alpha value is -3.92. The lowest BCUT2D eigenvalue weighted by Crippen LogP contribution is -2.16. The van der Waals surface area contributed by atoms with E-state index in [2.05, 4.69) is 25.0 Å². The van der Waals surface area contributed by atoms with Gasteiger partial charge in [-0.1, -0.05) is 18.2 Å². The second kappa shape index (κ2) is 8.44. The lowest BCUT2D eigenvalue weighted by molar-refractivity contribution is 0.395. The highest BCUT2D eigenvalue weighted by Crippen LogP contribution is 2.31. The first-order valence-electron chi connectivity index (χ1n) is 9.19. The summed E-state index contributed by atoms with van der Waals surface area (Å²) < 4.78 is 38.9. The van der Waals surface area contributed by atoms with Crippen LogP contribution in [-0.2, 0) is 10.0 Å². The Bertz CT molecular complexity index is 1310. The van der Waals surface area contributed by atoms with Crippen LogP contribution < -0.4 is 19.5 Å². The molecule has 0 amide bonds. The van der Waals surface area contributed by atoms with Crippen molar-refractivity contribution in [3.63, 3.8) is 0 Å². The number of nitrogens with zero attached hydrogens (tertiary/aromatic N) is 3. The fourth-order valence-electron chi connectivity index (χ4n) is 2.85. The van der Waals surface area contributed by atoms with Crippen molar-refractivity contribution in [2.24, 2.45) is 0 Å². The zero-order valence-electron chi connectivity index (χ0n) is 16.7. The number of pyridine rings is 1. The van der Waals surface area contributed by atoms with Gasteiger partial charge in [0.05, 0.1) is 19.1 Å². The number of methoxy groups -OCH3 is 2. The molecular weight excluding hydrogens is 418 g/mol. The second-order valence-corrected chi connectivity index (χ2v) is 8.09. The standard InChI is InChI=1S/C21H19N5O4S/c1-29-15-11-14(12-16(13-15)30-2)23-20-21(25-19-18(24-20)9-6-10-22-19)26-31(27,28)17-7-4-3-5-8-17/h3-13H,1-2H3,(H,23,24)(H,22,25,26). The highest BCUT2D eigenvalue weighted by atomic mass is 32.2. The third-order valence-corrected chi connectivity index (χ3v) is 5.69.